The molecule has 2 saturated heterocycles. The molecule has 0 radical (unpaired) electrons. The van der Waals surface area contributed by atoms with Crippen LogP contribution in [0.25, 0.3) is 10.9 Å². The third kappa shape index (κ3) is 5.19. The highest BCUT2D eigenvalue weighted by molar-refractivity contribution is 5.89. The second-order valence-corrected chi connectivity index (χ2v) is 10.9. The van der Waals surface area contributed by atoms with Gasteiger partial charge in [0, 0.05) is 55.1 Å². The van der Waals surface area contributed by atoms with E-state index in [0.29, 0.717) is 12.0 Å². The molecule has 8 heteroatoms. The summed E-state index contributed by atoms with van der Waals surface area (Å²) in [5, 5.41) is 4.78. The standard InChI is InChI=1S/C28H41N5O2.HI/c1-5-11-32-18-20(29-28(34)31(6-2)7-3)16-22-21-9-8-10-24-27(21)23(17-26(22)32)25(30-24)19-33(4)12-14-35-15-13-33;/h5,8-10,20,22,26,30H,1,6-7,11-19H2,2-4H3;1H/t20-,22?,26+;/m0./s1. The van der Waals surface area contributed by atoms with Gasteiger partial charge in [-0.05, 0) is 43.9 Å². The summed E-state index contributed by atoms with van der Waals surface area (Å²) in [6.07, 6.45) is 4.05. The summed E-state index contributed by atoms with van der Waals surface area (Å²) < 4.78 is 6.68. The number of rotatable bonds is 7. The first-order valence-electron chi connectivity index (χ1n) is 13.4. The Labute approximate surface area is 232 Å². The molecule has 0 spiro atoms. The van der Waals surface area contributed by atoms with Crippen LogP contribution in [0.5, 0.6) is 0 Å². The van der Waals surface area contributed by atoms with Crippen molar-refractivity contribution < 1.29 is 38.0 Å². The number of quaternary nitrogens is 1. The SMILES string of the molecule is C=CCN1C[C@@H](NC(=O)N(CC)CC)CC2c3cccc4[nH]c(C[N+]5(C)CCOCC5)c(c34)C[C@H]21.[I-]. The maximum Gasteiger partial charge on any atom is 0.317 e. The van der Waals surface area contributed by atoms with Crippen LogP contribution in [0.15, 0.2) is 30.9 Å². The van der Waals surface area contributed by atoms with Gasteiger partial charge in [0.05, 0.1) is 26.0 Å². The fraction of sp³-hybridized carbons (Fsp3) is 0.607. The summed E-state index contributed by atoms with van der Waals surface area (Å²) >= 11 is 0. The van der Waals surface area contributed by atoms with Gasteiger partial charge in [-0.1, -0.05) is 18.2 Å². The molecule has 0 saturated carbocycles. The zero-order valence-corrected chi connectivity index (χ0v) is 24.2. The predicted octanol–water partition coefficient (Wildman–Crippen LogP) is 0.469. The summed E-state index contributed by atoms with van der Waals surface area (Å²) in [6.45, 7) is 16.1. The molecule has 0 bridgehead atoms. The van der Waals surface area contributed by atoms with Crippen LogP contribution in [0.2, 0.25) is 0 Å². The van der Waals surface area contributed by atoms with Crippen LogP contribution in [0.1, 0.15) is 43.0 Å². The van der Waals surface area contributed by atoms with Crippen molar-refractivity contribution in [2.45, 2.75) is 51.2 Å². The Morgan fingerprint density at radius 3 is 2.75 bits per heavy atom. The number of hydrogen-bond donors (Lipinski definition) is 2. The van der Waals surface area contributed by atoms with E-state index in [-0.39, 0.29) is 36.0 Å². The highest BCUT2D eigenvalue weighted by Crippen LogP contribution is 2.45. The molecular formula is C28H42IN5O2. The molecule has 1 unspecified atom stereocenters. The van der Waals surface area contributed by atoms with Gasteiger partial charge in [0.2, 0.25) is 0 Å². The van der Waals surface area contributed by atoms with Crippen LogP contribution in [-0.4, -0.2) is 96.9 Å². The van der Waals surface area contributed by atoms with Gasteiger partial charge >= 0.3 is 6.03 Å². The van der Waals surface area contributed by atoms with Crippen molar-refractivity contribution in [2.24, 2.45) is 0 Å². The van der Waals surface area contributed by atoms with Crippen LogP contribution >= 0.6 is 0 Å². The Morgan fingerprint density at radius 2 is 2.06 bits per heavy atom. The maximum absolute atomic E-state index is 12.9. The topological polar surface area (TPSA) is 60.6 Å². The molecule has 3 aliphatic rings. The normalized spacial score (nSPS) is 25.0. The monoisotopic (exact) mass is 607 g/mol. The molecule has 3 heterocycles. The lowest BCUT2D eigenvalue weighted by molar-refractivity contribution is -0.929. The van der Waals surface area contributed by atoms with E-state index in [0.717, 1.165) is 76.4 Å². The number of carbonyl (C=O) groups is 1. The number of fused-ring (bicyclic) bond motifs is 2. The molecule has 198 valence electrons. The van der Waals surface area contributed by atoms with Gasteiger partial charge in [-0.3, -0.25) is 4.90 Å². The number of morpholine rings is 1. The quantitative estimate of drug-likeness (QED) is 0.274. The largest absolute Gasteiger partial charge is 1.00 e. The van der Waals surface area contributed by atoms with Crippen molar-refractivity contribution in [1.29, 1.82) is 0 Å². The van der Waals surface area contributed by atoms with E-state index < -0.39 is 0 Å². The predicted molar refractivity (Wildman–Crippen MR) is 141 cm³/mol. The second kappa shape index (κ2) is 11.4. The average Bonchev–Trinajstić information content (AvgIpc) is 3.18. The zero-order valence-electron chi connectivity index (χ0n) is 22.1. The van der Waals surface area contributed by atoms with Crippen molar-refractivity contribution >= 4 is 16.9 Å². The molecule has 7 nitrogen and oxygen atoms in total. The molecule has 2 fully saturated rings. The van der Waals surface area contributed by atoms with Gasteiger partial charge in [-0.15, -0.1) is 6.58 Å². The number of ether oxygens (including phenoxy) is 1. The zero-order chi connectivity index (χ0) is 24.6. The van der Waals surface area contributed by atoms with E-state index >= 15 is 0 Å². The molecule has 2 amide bonds. The number of H-pyrrole nitrogens is 1. The number of urea groups is 1. The summed E-state index contributed by atoms with van der Waals surface area (Å²) in [5.74, 6) is 0.402. The number of halogens is 1. The van der Waals surface area contributed by atoms with Gasteiger partial charge in [0.1, 0.15) is 19.6 Å². The van der Waals surface area contributed by atoms with Crippen molar-refractivity contribution in [3.8, 4) is 0 Å². The molecule has 1 aromatic carbocycles. The summed E-state index contributed by atoms with van der Waals surface area (Å²) in [5.41, 5.74) is 5.60. The van der Waals surface area contributed by atoms with Gasteiger partial charge < -0.3 is 48.4 Å². The smallest absolute Gasteiger partial charge is 0.317 e. The highest BCUT2D eigenvalue weighted by Gasteiger charge is 2.42. The molecule has 2 N–H and O–H groups in total. The van der Waals surface area contributed by atoms with Gasteiger partial charge in [-0.2, -0.15) is 0 Å². The molecule has 1 aromatic heterocycles. The molecule has 2 aromatic rings. The fourth-order valence-electron chi connectivity index (χ4n) is 6.68. The third-order valence-electron chi connectivity index (χ3n) is 8.62. The van der Waals surface area contributed by atoms with E-state index in [1.165, 1.54) is 27.7 Å². The third-order valence-corrected chi connectivity index (χ3v) is 8.62. The molecule has 3 atom stereocenters. The van der Waals surface area contributed by atoms with E-state index in [2.05, 4.69) is 47.0 Å². The van der Waals surface area contributed by atoms with Crippen LogP contribution in [0.3, 0.4) is 0 Å². The minimum absolute atomic E-state index is 0. The number of likely N-dealkylation sites (tertiary alicyclic amines) is 1. The number of nitrogens with one attached hydrogen (secondary N) is 2. The minimum atomic E-state index is 0. The lowest BCUT2D eigenvalue weighted by Crippen LogP contribution is -3.00. The minimum Gasteiger partial charge on any atom is -1.00 e. The number of nitrogens with zero attached hydrogens (tertiary/aromatic N) is 3. The number of carbonyl (C=O) groups excluding carboxylic acids is 1. The lowest BCUT2D eigenvalue weighted by Gasteiger charge is -2.47. The first-order valence-corrected chi connectivity index (χ1v) is 13.4. The fourth-order valence-corrected chi connectivity index (χ4v) is 6.68. The van der Waals surface area contributed by atoms with Gasteiger partial charge in [0.25, 0.3) is 0 Å². The number of aromatic amines is 1. The summed E-state index contributed by atoms with van der Waals surface area (Å²) in [6, 6.07) is 7.37. The molecule has 36 heavy (non-hydrogen) atoms. The Bertz CT molecular complexity index is 1080. The molecule has 2 aliphatic heterocycles. The van der Waals surface area contributed by atoms with Crippen molar-refractivity contribution in [3.05, 3.63) is 47.7 Å². The second-order valence-electron chi connectivity index (χ2n) is 10.9. The molecule has 5 rings (SSSR count). The highest BCUT2D eigenvalue weighted by atomic mass is 127. The van der Waals surface area contributed by atoms with Crippen LogP contribution in [0, 0.1) is 0 Å². The summed E-state index contributed by atoms with van der Waals surface area (Å²) in [4.78, 5) is 21.1. The number of piperidine rings is 1. The van der Waals surface area contributed by atoms with Crippen LogP contribution in [0.4, 0.5) is 4.79 Å². The van der Waals surface area contributed by atoms with E-state index in [1.807, 2.05) is 24.8 Å². The van der Waals surface area contributed by atoms with Gasteiger partial charge in [-0.25, -0.2) is 4.79 Å². The maximum atomic E-state index is 12.9. The van der Waals surface area contributed by atoms with E-state index in [1.54, 1.807) is 0 Å². The van der Waals surface area contributed by atoms with E-state index in [9.17, 15) is 4.79 Å². The first-order chi connectivity index (χ1) is 17.0. The number of hydrogen-bond acceptors (Lipinski definition) is 3. The Hall–Kier alpha value is -1.62. The van der Waals surface area contributed by atoms with Crippen molar-refractivity contribution in [1.82, 2.24) is 20.1 Å². The number of benzene rings is 1. The Kier molecular flexibility index (Phi) is 8.69. The van der Waals surface area contributed by atoms with Gasteiger partial charge in [0.15, 0.2) is 0 Å². The summed E-state index contributed by atoms with van der Waals surface area (Å²) in [7, 11) is 2.36. The van der Waals surface area contributed by atoms with E-state index in [4.69, 9.17) is 4.74 Å². The molecule has 1 aliphatic carbocycles. The number of likely N-dealkylation sites (N-methyl/N-ethyl adjacent to an activating group) is 1. The molecular weight excluding hydrogens is 565 g/mol. The Balaban J connectivity index is 0.00000304. The first kappa shape index (κ1) is 27.4. The number of aromatic nitrogens is 1. The average molecular weight is 608 g/mol. The lowest BCUT2D eigenvalue weighted by atomic mass is 9.73. The van der Waals surface area contributed by atoms with Crippen LogP contribution in [-0.2, 0) is 17.7 Å². The van der Waals surface area contributed by atoms with Crippen molar-refractivity contribution in [3.63, 3.8) is 0 Å². The number of amides is 2. The van der Waals surface area contributed by atoms with Crippen LogP contribution < -0.4 is 29.3 Å². The van der Waals surface area contributed by atoms with Crippen molar-refractivity contribution in [2.75, 3.05) is 59.5 Å². The Morgan fingerprint density at radius 1 is 1.31 bits per heavy atom.